The van der Waals surface area contributed by atoms with Gasteiger partial charge in [-0.15, -0.1) is 0 Å². The first-order valence-corrected chi connectivity index (χ1v) is 4.19. The number of nitrogens with zero attached hydrogens (tertiary/aromatic N) is 1. The first-order chi connectivity index (χ1) is 6.11. The number of hydrogen-bond acceptors (Lipinski definition) is 3. The van der Waals surface area contributed by atoms with E-state index in [-0.39, 0.29) is 5.75 Å². The number of benzene rings is 1. The Balaban J connectivity index is 3.02. The van der Waals surface area contributed by atoms with Gasteiger partial charge in [0.25, 0.3) is 0 Å². The molecule has 0 aliphatic heterocycles. The molecule has 1 aromatic rings. The first-order valence-electron chi connectivity index (χ1n) is 3.40. The molecule has 0 bridgehead atoms. The zero-order valence-corrected chi connectivity index (χ0v) is 8.06. The Bertz CT molecular complexity index is 362. The molecule has 68 valence electrons. The van der Waals surface area contributed by atoms with Crippen LogP contribution in [0.5, 0.6) is 5.75 Å². The second kappa shape index (κ2) is 4.04. The van der Waals surface area contributed by atoms with E-state index in [0.717, 1.165) is 6.20 Å². The highest BCUT2D eigenvalue weighted by Gasteiger charge is 2.01. The fraction of sp³-hybridized carbons (Fsp3) is 0. The molecule has 1 N–H and O–H groups in total. The lowest BCUT2D eigenvalue weighted by Gasteiger charge is -1.98. The van der Waals surface area contributed by atoms with Crippen molar-refractivity contribution in [3.63, 3.8) is 0 Å². The number of phenols is 1. The van der Waals surface area contributed by atoms with Crippen molar-refractivity contribution in [3.8, 4) is 5.75 Å². The molecular weight excluding hydrogens is 238 g/mol. The number of hydrogen-bond donors (Lipinski definition) is 1. The van der Waals surface area contributed by atoms with Crippen LogP contribution in [0.3, 0.4) is 0 Å². The molecule has 0 spiro atoms. The number of para-hydroxylation sites is 1. The second-order valence-corrected chi connectivity index (χ2v) is 3.13. The first kappa shape index (κ1) is 9.73. The predicted octanol–water partition coefficient (Wildman–Crippen LogP) is 2.40. The SMILES string of the molecule is O=[N+]([O-])/C=C/c1cccc(Br)c1O. The highest BCUT2D eigenvalue weighted by atomic mass is 79.9. The summed E-state index contributed by atoms with van der Waals surface area (Å²) in [6.45, 7) is 0. The van der Waals surface area contributed by atoms with Crippen molar-refractivity contribution in [1.82, 2.24) is 0 Å². The lowest BCUT2D eigenvalue weighted by molar-refractivity contribution is -0.400. The van der Waals surface area contributed by atoms with Crippen molar-refractivity contribution in [2.45, 2.75) is 0 Å². The third-order valence-electron chi connectivity index (χ3n) is 1.39. The molecule has 5 heteroatoms. The van der Waals surface area contributed by atoms with Crippen molar-refractivity contribution in [3.05, 3.63) is 44.5 Å². The lowest BCUT2D eigenvalue weighted by Crippen LogP contribution is -1.83. The molecule has 0 unspecified atom stereocenters. The maximum absolute atomic E-state index is 9.99. The minimum absolute atomic E-state index is 0.000556. The van der Waals surface area contributed by atoms with E-state index in [4.69, 9.17) is 0 Å². The molecular formula is C8H6BrNO3. The largest absolute Gasteiger partial charge is 0.506 e. The molecule has 4 nitrogen and oxygen atoms in total. The van der Waals surface area contributed by atoms with Crippen molar-refractivity contribution in [2.24, 2.45) is 0 Å². The van der Waals surface area contributed by atoms with E-state index in [1.54, 1.807) is 18.2 Å². The molecule has 0 atom stereocenters. The standard InChI is InChI=1S/C8H6BrNO3/c9-7-3-1-2-6(8(7)11)4-5-10(12)13/h1-5,11H/b5-4+. The van der Waals surface area contributed by atoms with E-state index in [1.165, 1.54) is 6.08 Å². The van der Waals surface area contributed by atoms with E-state index in [9.17, 15) is 15.2 Å². The van der Waals surface area contributed by atoms with Crippen molar-refractivity contribution in [1.29, 1.82) is 0 Å². The van der Waals surface area contributed by atoms with Gasteiger partial charge in [0.2, 0.25) is 6.20 Å². The molecule has 0 heterocycles. The lowest BCUT2D eigenvalue weighted by atomic mass is 10.2. The molecule has 1 rings (SSSR count). The summed E-state index contributed by atoms with van der Waals surface area (Å²) in [7, 11) is 0. The zero-order valence-electron chi connectivity index (χ0n) is 6.48. The zero-order chi connectivity index (χ0) is 9.84. The summed E-state index contributed by atoms with van der Waals surface area (Å²) < 4.78 is 0.512. The van der Waals surface area contributed by atoms with Gasteiger partial charge < -0.3 is 5.11 Å². The summed E-state index contributed by atoms with van der Waals surface area (Å²) in [5.74, 6) is 0.000556. The molecule has 0 aliphatic rings. The third kappa shape index (κ3) is 2.55. The number of halogens is 1. The molecule has 0 aromatic heterocycles. The molecule has 0 radical (unpaired) electrons. The van der Waals surface area contributed by atoms with E-state index >= 15 is 0 Å². The van der Waals surface area contributed by atoms with Gasteiger partial charge in [0.15, 0.2) is 0 Å². The van der Waals surface area contributed by atoms with E-state index in [1.807, 2.05) is 0 Å². The Labute approximate surface area is 82.8 Å². The van der Waals surface area contributed by atoms with Crippen LogP contribution >= 0.6 is 15.9 Å². The summed E-state index contributed by atoms with van der Waals surface area (Å²) in [4.78, 5) is 9.41. The van der Waals surface area contributed by atoms with Crippen molar-refractivity contribution in [2.75, 3.05) is 0 Å². The monoisotopic (exact) mass is 243 g/mol. The molecule has 0 aliphatic carbocycles. The van der Waals surface area contributed by atoms with Crippen molar-refractivity contribution >= 4 is 22.0 Å². The van der Waals surface area contributed by atoms with Gasteiger partial charge in [-0.1, -0.05) is 12.1 Å². The Kier molecular flexibility index (Phi) is 3.02. The Hall–Kier alpha value is -1.36. The van der Waals surface area contributed by atoms with Crippen LogP contribution in [-0.2, 0) is 0 Å². The molecule has 0 fully saturated rings. The normalized spacial score (nSPS) is 10.5. The van der Waals surface area contributed by atoms with Crippen LogP contribution in [0.1, 0.15) is 5.56 Å². The van der Waals surface area contributed by atoms with Gasteiger partial charge in [0.05, 0.1) is 9.40 Å². The summed E-state index contributed by atoms with van der Waals surface area (Å²) in [6, 6.07) is 4.92. The van der Waals surface area contributed by atoms with Gasteiger partial charge in [-0.25, -0.2) is 0 Å². The van der Waals surface area contributed by atoms with Crippen LogP contribution in [0.2, 0.25) is 0 Å². The highest BCUT2D eigenvalue weighted by Crippen LogP contribution is 2.28. The van der Waals surface area contributed by atoms with Crippen LogP contribution in [0.4, 0.5) is 0 Å². The van der Waals surface area contributed by atoms with Crippen LogP contribution in [0.15, 0.2) is 28.9 Å². The third-order valence-corrected chi connectivity index (χ3v) is 2.03. The second-order valence-electron chi connectivity index (χ2n) is 2.28. The number of rotatable bonds is 2. The minimum atomic E-state index is -0.583. The maximum Gasteiger partial charge on any atom is 0.235 e. The molecule has 13 heavy (non-hydrogen) atoms. The smallest absolute Gasteiger partial charge is 0.235 e. The Morgan fingerprint density at radius 3 is 2.85 bits per heavy atom. The summed E-state index contributed by atoms with van der Waals surface area (Å²) in [5, 5.41) is 19.4. The quantitative estimate of drug-likeness (QED) is 0.641. The number of aromatic hydroxyl groups is 1. The molecule has 0 amide bonds. The van der Waals surface area contributed by atoms with Gasteiger partial charge in [-0.3, -0.25) is 10.1 Å². The summed E-state index contributed by atoms with van der Waals surface area (Å²) in [6.07, 6.45) is 2.02. The van der Waals surface area contributed by atoms with Gasteiger partial charge in [-0.05, 0) is 22.0 Å². The van der Waals surface area contributed by atoms with Crippen LogP contribution < -0.4 is 0 Å². The van der Waals surface area contributed by atoms with Gasteiger partial charge >= 0.3 is 0 Å². The van der Waals surface area contributed by atoms with E-state index in [0.29, 0.717) is 10.0 Å². The fourth-order valence-corrected chi connectivity index (χ4v) is 1.19. The fourth-order valence-electron chi connectivity index (χ4n) is 0.808. The summed E-state index contributed by atoms with van der Waals surface area (Å²) in [5.41, 5.74) is 0.408. The molecule has 0 saturated carbocycles. The minimum Gasteiger partial charge on any atom is -0.506 e. The van der Waals surface area contributed by atoms with Gasteiger partial charge in [-0.2, -0.15) is 0 Å². The highest BCUT2D eigenvalue weighted by molar-refractivity contribution is 9.10. The van der Waals surface area contributed by atoms with Crippen LogP contribution in [0, 0.1) is 10.1 Å². The average Bonchev–Trinajstić information content (AvgIpc) is 2.07. The van der Waals surface area contributed by atoms with E-state index < -0.39 is 4.92 Å². The van der Waals surface area contributed by atoms with Crippen LogP contribution in [-0.4, -0.2) is 10.0 Å². The number of nitro groups is 1. The predicted molar refractivity (Wildman–Crippen MR) is 51.8 cm³/mol. The topological polar surface area (TPSA) is 63.4 Å². The Morgan fingerprint density at radius 1 is 1.54 bits per heavy atom. The average molecular weight is 244 g/mol. The van der Waals surface area contributed by atoms with E-state index in [2.05, 4.69) is 15.9 Å². The van der Waals surface area contributed by atoms with Gasteiger partial charge in [0, 0.05) is 11.6 Å². The maximum atomic E-state index is 9.99. The number of phenolic OH excluding ortho intramolecular Hbond substituents is 1. The Morgan fingerprint density at radius 2 is 2.23 bits per heavy atom. The summed E-state index contributed by atoms with van der Waals surface area (Å²) >= 11 is 3.10. The molecule has 1 aromatic carbocycles. The van der Waals surface area contributed by atoms with Crippen molar-refractivity contribution < 1.29 is 10.0 Å². The van der Waals surface area contributed by atoms with Crippen LogP contribution in [0.25, 0.3) is 6.08 Å². The molecule has 0 saturated heterocycles. The van der Waals surface area contributed by atoms with Gasteiger partial charge in [0.1, 0.15) is 5.75 Å².